The molecule has 1 amide bonds. The summed E-state index contributed by atoms with van der Waals surface area (Å²) in [6.45, 7) is 23.4. The predicted molar refractivity (Wildman–Crippen MR) is 184 cm³/mol. The van der Waals surface area contributed by atoms with Crippen LogP contribution in [0.15, 0.2) is 0 Å². The zero-order chi connectivity index (χ0) is 34.8. The number of aliphatic hydroxyl groups is 2. The minimum Gasteiger partial charge on any atom is -0.460 e. The molecule has 1 aromatic rings. The van der Waals surface area contributed by atoms with Gasteiger partial charge in [-0.3, -0.25) is 9.59 Å². The van der Waals surface area contributed by atoms with E-state index in [4.69, 9.17) is 14.5 Å². The van der Waals surface area contributed by atoms with Crippen molar-refractivity contribution < 1.29 is 29.3 Å². The largest absolute Gasteiger partial charge is 0.460 e. The summed E-state index contributed by atoms with van der Waals surface area (Å²) in [7, 11) is 0. The number of ether oxygens (including phenoxy) is 2. The zero-order valence-corrected chi connectivity index (χ0v) is 31.5. The number of aliphatic hydroxyl groups excluding tert-OH is 1. The number of thiazole rings is 1. The average Bonchev–Trinajstić information content (AvgIpc) is 3.60. The lowest BCUT2D eigenvalue weighted by molar-refractivity contribution is -0.227. The molecule has 1 saturated heterocycles. The lowest BCUT2D eigenvalue weighted by atomic mass is 9.35. The maximum Gasteiger partial charge on any atom is 0.315 e. The second kappa shape index (κ2) is 11.0. The van der Waals surface area contributed by atoms with Gasteiger partial charge in [-0.25, -0.2) is 4.98 Å². The smallest absolute Gasteiger partial charge is 0.315 e. The van der Waals surface area contributed by atoms with Gasteiger partial charge in [0, 0.05) is 10.3 Å². The number of hydrogen-bond donors (Lipinski definition) is 3. The minimum absolute atomic E-state index is 0.0217. The summed E-state index contributed by atoms with van der Waals surface area (Å²) in [6.07, 6.45) is 6.87. The van der Waals surface area contributed by atoms with Gasteiger partial charge in [0.15, 0.2) is 5.13 Å². The number of fused-ring (bicyclic) bond motifs is 6. The molecule has 4 aliphatic carbocycles. The highest BCUT2D eigenvalue weighted by Gasteiger charge is 2.72. The van der Waals surface area contributed by atoms with Crippen molar-refractivity contribution in [1.29, 1.82) is 0 Å². The molecule has 1 unspecified atom stereocenters. The Morgan fingerprint density at radius 3 is 2.26 bits per heavy atom. The fourth-order valence-electron chi connectivity index (χ4n) is 12.1. The number of carbonyl (C=O) groups is 2. The standard InChI is InChI=1S/C38H60N2O6S/c1-32(2,3)46-28(43)19-27(42)39-31-40-30-23(47-31)20-35(8)24(33(30,4)5)13-16-36(9)25(35)18-22(41)29-21(12-15-37(29,36)10)38(11)17-14-26(45-38)34(6,7)44/h21-22,24-26,29,41,44H,12-20H2,1-11H3,(H,39,40,42)/t21?,22-,24+,25-,26-,29+,35+,36-,37-,38+/m1/s1. The molecule has 0 radical (unpaired) electrons. The van der Waals surface area contributed by atoms with Crippen LogP contribution in [0.2, 0.25) is 0 Å². The molecule has 1 aromatic heterocycles. The number of nitrogens with one attached hydrogen (secondary N) is 1. The molecule has 9 heteroatoms. The summed E-state index contributed by atoms with van der Waals surface area (Å²) in [5.74, 6) is 0.207. The van der Waals surface area contributed by atoms with Crippen LogP contribution in [0.25, 0.3) is 0 Å². The van der Waals surface area contributed by atoms with Crippen molar-refractivity contribution in [2.75, 3.05) is 5.32 Å². The van der Waals surface area contributed by atoms with Crippen LogP contribution in [0.5, 0.6) is 0 Å². The quantitative estimate of drug-likeness (QED) is 0.224. The van der Waals surface area contributed by atoms with E-state index in [1.54, 1.807) is 32.1 Å². The number of rotatable bonds is 5. The van der Waals surface area contributed by atoms with E-state index in [2.05, 4.69) is 46.9 Å². The molecule has 3 saturated carbocycles. The summed E-state index contributed by atoms with van der Waals surface area (Å²) in [6, 6.07) is 0. The van der Waals surface area contributed by atoms with Gasteiger partial charge < -0.3 is 25.0 Å². The highest BCUT2D eigenvalue weighted by molar-refractivity contribution is 7.15. The van der Waals surface area contributed by atoms with Crippen molar-refractivity contribution in [1.82, 2.24) is 4.98 Å². The van der Waals surface area contributed by atoms with E-state index in [0.717, 1.165) is 57.1 Å². The lowest BCUT2D eigenvalue weighted by Crippen LogP contribution is -2.66. The van der Waals surface area contributed by atoms with Crippen LogP contribution in [0.1, 0.15) is 138 Å². The zero-order valence-electron chi connectivity index (χ0n) is 30.7. The Hall–Kier alpha value is -1.55. The van der Waals surface area contributed by atoms with Crippen molar-refractivity contribution in [3.8, 4) is 0 Å². The summed E-state index contributed by atoms with van der Waals surface area (Å²) < 4.78 is 12.1. The first kappa shape index (κ1) is 35.3. The Balaban J connectivity index is 1.26. The third kappa shape index (κ3) is 5.52. The molecule has 0 bridgehead atoms. The van der Waals surface area contributed by atoms with Crippen LogP contribution in [0.3, 0.4) is 0 Å². The molecule has 5 aliphatic rings. The number of nitrogens with zero attached hydrogens (tertiary/aromatic N) is 1. The highest BCUT2D eigenvalue weighted by atomic mass is 32.1. The summed E-state index contributed by atoms with van der Waals surface area (Å²) in [4.78, 5) is 31.3. The molecule has 0 aromatic carbocycles. The van der Waals surface area contributed by atoms with Crippen molar-refractivity contribution in [3.05, 3.63) is 10.6 Å². The van der Waals surface area contributed by atoms with Gasteiger partial charge in [-0.1, -0.05) is 34.6 Å². The minimum atomic E-state index is -0.876. The van der Waals surface area contributed by atoms with E-state index in [1.807, 2.05) is 13.8 Å². The van der Waals surface area contributed by atoms with Gasteiger partial charge in [0.25, 0.3) is 0 Å². The van der Waals surface area contributed by atoms with Gasteiger partial charge in [0.2, 0.25) is 5.91 Å². The predicted octanol–water partition coefficient (Wildman–Crippen LogP) is 7.19. The summed E-state index contributed by atoms with van der Waals surface area (Å²) >= 11 is 1.54. The van der Waals surface area contributed by atoms with Crippen molar-refractivity contribution in [2.24, 2.45) is 39.9 Å². The first-order valence-electron chi connectivity index (χ1n) is 18.0. The number of carbonyl (C=O) groups excluding carboxylic acids is 2. The van der Waals surface area contributed by atoms with E-state index in [0.29, 0.717) is 17.0 Å². The fourth-order valence-corrected chi connectivity index (χ4v) is 13.4. The third-order valence-corrected chi connectivity index (χ3v) is 15.2. The monoisotopic (exact) mass is 672 g/mol. The van der Waals surface area contributed by atoms with Crippen LogP contribution in [-0.2, 0) is 30.9 Å². The number of aromatic nitrogens is 1. The van der Waals surface area contributed by atoms with E-state index in [-0.39, 0.29) is 51.6 Å². The van der Waals surface area contributed by atoms with Crippen molar-refractivity contribution in [2.45, 2.75) is 168 Å². The van der Waals surface area contributed by atoms with E-state index >= 15 is 0 Å². The Bertz CT molecular complexity index is 1430. The molecule has 10 atom stereocenters. The SMILES string of the molecule is CC(C)(C)OC(=O)CC(=O)Nc1nc2c(s1)C[C@]1(C)[C@H]3C[C@@H](O)[C@@H]4C([C@]5(C)CC[C@H](C(C)(C)O)O5)CC[C@@]4(C)[C@]3(C)CC[C@H]1C2(C)C. The van der Waals surface area contributed by atoms with Crippen molar-refractivity contribution in [3.63, 3.8) is 0 Å². The van der Waals surface area contributed by atoms with Gasteiger partial charge in [-0.05, 0) is 133 Å². The molecule has 1 aliphatic heterocycles. The van der Waals surface area contributed by atoms with Gasteiger partial charge >= 0.3 is 5.97 Å². The van der Waals surface area contributed by atoms with Gasteiger partial charge in [0.05, 0.1) is 29.1 Å². The molecule has 8 nitrogen and oxygen atoms in total. The Morgan fingerprint density at radius 1 is 0.979 bits per heavy atom. The average molecular weight is 673 g/mol. The number of anilines is 1. The van der Waals surface area contributed by atoms with Gasteiger partial charge in [-0.2, -0.15) is 0 Å². The van der Waals surface area contributed by atoms with Crippen LogP contribution in [0, 0.1) is 39.9 Å². The summed E-state index contributed by atoms with van der Waals surface area (Å²) in [5.41, 5.74) is -1.00. The molecule has 2 heterocycles. The Morgan fingerprint density at radius 2 is 1.64 bits per heavy atom. The van der Waals surface area contributed by atoms with Crippen molar-refractivity contribution >= 4 is 28.3 Å². The van der Waals surface area contributed by atoms with E-state index in [1.165, 1.54) is 4.88 Å². The first-order valence-corrected chi connectivity index (χ1v) is 18.9. The number of esters is 1. The van der Waals surface area contributed by atoms with Crippen LogP contribution in [-0.4, -0.2) is 56.1 Å². The second-order valence-corrected chi connectivity index (χ2v) is 20.2. The van der Waals surface area contributed by atoms with Crippen LogP contribution in [0.4, 0.5) is 5.13 Å². The fraction of sp³-hybridized carbons (Fsp3) is 0.868. The molecule has 4 fully saturated rings. The lowest BCUT2D eigenvalue weighted by Gasteiger charge is -2.69. The van der Waals surface area contributed by atoms with Gasteiger partial charge in [0.1, 0.15) is 12.0 Å². The maximum atomic E-state index is 12.8. The van der Waals surface area contributed by atoms with Gasteiger partial charge in [-0.15, -0.1) is 11.3 Å². The first-order chi connectivity index (χ1) is 21.4. The molecular weight excluding hydrogens is 612 g/mol. The maximum absolute atomic E-state index is 12.8. The third-order valence-electron chi connectivity index (χ3n) is 14.2. The second-order valence-electron chi connectivity index (χ2n) is 19.1. The Labute approximate surface area is 286 Å². The molecule has 3 N–H and O–H groups in total. The molecular formula is C38H60N2O6S. The molecule has 47 heavy (non-hydrogen) atoms. The Kier molecular flexibility index (Phi) is 8.24. The van der Waals surface area contributed by atoms with E-state index in [9.17, 15) is 19.8 Å². The number of amides is 1. The molecule has 0 spiro atoms. The summed E-state index contributed by atoms with van der Waals surface area (Å²) in [5, 5.41) is 26.5. The topological polar surface area (TPSA) is 118 Å². The number of hydrogen-bond acceptors (Lipinski definition) is 8. The van der Waals surface area contributed by atoms with Crippen LogP contribution < -0.4 is 5.32 Å². The normalized spacial score (nSPS) is 42.6. The molecule has 264 valence electrons. The molecule has 6 rings (SSSR count). The highest BCUT2D eigenvalue weighted by Crippen LogP contribution is 2.76. The van der Waals surface area contributed by atoms with E-state index < -0.39 is 29.2 Å². The van der Waals surface area contributed by atoms with Crippen LogP contribution >= 0.6 is 11.3 Å².